The summed E-state index contributed by atoms with van der Waals surface area (Å²) in [5.41, 5.74) is 3.80. The Hall–Kier alpha value is -2.50. The second kappa shape index (κ2) is 10.7. The molecule has 0 heterocycles. The average molecular weight is 376 g/mol. The molecule has 0 radical (unpaired) electrons. The molecule has 0 aliphatic rings. The van der Waals surface area contributed by atoms with Gasteiger partial charge in [0.1, 0.15) is 12.4 Å². The highest BCUT2D eigenvalue weighted by atomic mass is 16.5. The number of hydrogen-bond donors (Lipinski definition) is 0. The van der Waals surface area contributed by atoms with Gasteiger partial charge in [-0.3, -0.25) is 4.90 Å². The van der Waals surface area contributed by atoms with Crippen LogP contribution in [0.3, 0.4) is 0 Å². The van der Waals surface area contributed by atoms with E-state index in [2.05, 4.69) is 99.9 Å². The third kappa shape index (κ3) is 8.03. The van der Waals surface area contributed by atoms with Gasteiger partial charge in [-0.2, -0.15) is 0 Å². The van der Waals surface area contributed by atoms with Gasteiger partial charge in [0.15, 0.2) is 0 Å². The first-order valence-corrected chi connectivity index (χ1v) is 10.0. The van der Waals surface area contributed by atoms with Crippen LogP contribution in [0.2, 0.25) is 0 Å². The first-order valence-electron chi connectivity index (χ1n) is 10.0. The summed E-state index contributed by atoms with van der Waals surface area (Å²) in [5.74, 6) is 7.29. The summed E-state index contributed by atoms with van der Waals surface area (Å²) in [5, 5.41) is 0. The predicted octanol–water partition coefficient (Wildman–Crippen LogP) is 6.00. The predicted molar refractivity (Wildman–Crippen MR) is 119 cm³/mol. The molecule has 2 heteroatoms. The van der Waals surface area contributed by atoms with Crippen LogP contribution in [0.5, 0.6) is 5.75 Å². The molecule has 0 aliphatic heterocycles. The smallest absolute Gasteiger partial charge is 0.120 e. The van der Waals surface area contributed by atoms with E-state index in [9.17, 15) is 0 Å². The Morgan fingerprint density at radius 2 is 1.86 bits per heavy atom. The molecule has 0 atom stereocenters. The molecule has 148 valence electrons. The standard InChI is InChI=1S/C26H33NO/c1-6-27(18-11-7-10-17-26(3,4)5)20-23-14-12-16-25(19-23)28-21-24-15-9-8-13-22(24)2/h7-9,11-16,19H,6,18,20-21H2,1-5H3/b11-7+. The molecule has 0 aromatic heterocycles. The van der Waals surface area contributed by atoms with Crippen LogP contribution in [-0.2, 0) is 13.2 Å². The maximum atomic E-state index is 6.02. The van der Waals surface area contributed by atoms with Crippen LogP contribution < -0.4 is 4.74 Å². The van der Waals surface area contributed by atoms with E-state index in [1.54, 1.807) is 0 Å². The summed E-state index contributed by atoms with van der Waals surface area (Å²) < 4.78 is 6.02. The molecule has 2 aromatic rings. The quantitative estimate of drug-likeness (QED) is 0.525. The maximum Gasteiger partial charge on any atom is 0.120 e. The molecule has 0 saturated heterocycles. The lowest BCUT2D eigenvalue weighted by Crippen LogP contribution is -2.22. The molecule has 0 unspecified atom stereocenters. The minimum Gasteiger partial charge on any atom is -0.489 e. The van der Waals surface area contributed by atoms with Gasteiger partial charge in [-0.15, -0.1) is 0 Å². The van der Waals surface area contributed by atoms with E-state index in [1.807, 2.05) is 12.1 Å². The van der Waals surface area contributed by atoms with E-state index in [0.29, 0.717) is 6.61 Å². The van der Waals surface area contributed by atoms with Crippen LogP contribution in [0.1, 0.15) is 44.4 Å². The van der Waals surface area contributed by atoms with Gasteiger partial charge in [-0.25, -0.2) is 0 Å². The van der Waals surface area contributed by atoms with E-state index >= 15 is 0 Å². The molecule has 2 aromatic carbocycles. The SMILES string of the molecule is CCN(C/C=C/C#CC(C)(C)C)Cc1cccc(OCc2ccccc2C)c1. The summed E-state index contributed by atoms with van der Waals surface area (Å²) in [6.45, 7) is 14.1. The van der Waals surface area contributed by atoms with Crippen LogP contribution in [0.15, 0.2) is 60.7 Å². The van der Waals surface area contributed by atoms with Crippen molar-refractivity contribution in [3.63, 3.8) is 0 Å². The summed E-state index contributed by atoms with van der Waals surface area (Å²) in [6, 6.07) is 16.8. The third-order valence-electron chi connectivity index (χ3n) is 4.42. The minimum absolute atomic E-state index is 0.0491. The van der Waals surface area contributed by atoms with Crippen molar-refractivity contribution in [3.8, 4) is 17.6 Å². The molecular formula is C26H33NO. The van der Waals surface area contributed by atoms with Crippen molar-refractivity contribution in [2.45, 2.75) is 47.8 Å². The molecule has 0 bridgehead atoms. The van der Waals surface area contributed by atoms with E-state index in [0.717, 1.165) is 25.4 Å². The fourth-order valence-corrected chi connectivity index (χ4v) is 2.75. The zero-order valence-corrected chi connectivity index (χ0v) is 18.0. The largest absolute Gasteiger partial charge is 0.489 e. The second-order valence-electron chi connectivity index (χ2n) is 8.11. The Kier molecular flexibility index (Phi) is 8.36. The van der Waals surface area contributed by atoms with Crippen molar-refractivity contribution < 1.29 is 4.74 Å². The number of ether oxygens (including phenoxy) is 1. The summed E-state index contributed by atoms with van der Waals surface area (Å²) in [6.07, 6.45) is 4.11. The zero-order chi connectivity index (χ0) is 20.4. The number of rotatable bonds is 8. The van der Waals surface area contributed by atoms with E-state index in [1.165, 1.54) is 16.7 Å². The lowest BCUT2D eigenvalue weighted by atomic mass is 9.98. The molecule has 0 amide bonds. The van der Waals surface area contributed by atoms with Crippen LogP contribution in [0.4, 0.5) is 0 Å². The van der Waals surface area contributed by atoms with E-state index in [-0.39, 0.29) is 5.41 Å². The molecule has 0 aliphatic carbocycles. The summed E-state index contributed by atoms with van der Waals surface area (Å²) in [4.78, 5) is 2.38. The highest BCUT2D eigenvalue weighted by Gasteiger charge is 2.05. The Balaban J connectivity index is 1.91. The fourth-order valence-electron chi connectivity index (χ4n) is 2.75. The van der Waals surface area contributed by atoms with Crippen LogP contribution in [0.25, 0.3) is 0 Å². The first kappa shape index (κ1) is 21.8. The van der Waals surface area contributed by atoms with Gasteiger partial charge in [0.2, 0.25) is 0 Å². The van der Waals surface area contributed by atoms with E-state index in [4.69, 9.17) is 4.74 Å². The number of allylic oxidation sites excluding steroid dienone is 1. The normalized spacial score (nSPS) is 11.5. The summed E-state index contributed by atoms with van der Waals surface area (Å²) >= 11 is 0. The van der Waals surface area contributed by atoms with Crippen molar-refractivity contribution in [3.05, 3.63) is 77.4 Å². The molecule has 28 heavy (non-hydrogen) atoms. The topological polar surface area (TPSA) is 12.5 Å². The molecule has 0 saturated carbocycles. The molecule has 0 spiro atoms. The molecule has 0 N–H and O–H groups in total. The highest BCUT2D eigenvalue weighted by Crippen LogP contribution is 2.18. The Labute approximate surface area is 171 Å². The summed E-state index contributed by atoms with van der Waals surface area (Å²) in [7, 11) is 0. The lowest BCUT2D eigenvalue weighted by molar-refractivity contribution is 0.299. The molecule has 2 nitrogen and oxygen atoms in total. The number of nitrogens with zero attached hydrogens (tertiary/aromatic N) is 1. The van der Waals surface area contributed by atoms with Crippen LogP contribution in [-0.4, -0.2) is 18.0 Å². The van der Waals surface area contributed by atoms with Gasteiger partial charge in [0, 0.05) is 18.5 Å². The lowest BCUT2D eigenvalue weighted by Gasteiger charge is -2.19. The van der Waals surface area contributed by atoms with Gasteiger partial charge in [0.25, 0.3) is 0 Å². The molecule has 2 rings (SSSR count). The number of hydrogen-bond acceptors (Lipinski definition) is 2. The van der Waals surface area contributed by atoms with Gasteiger partial charge in [-0.1, -0.05) is 61.2 Å². The molecule has 0 fully saturated rings. The number of likely N-dealkylation sites (N-methyl/N-ethyl adjacent to an activating group) is 1. The highest BCUT2D eigenvalue weighted by molar-refractivity contribution is 5.30. The van der Waals surface area contributed by atoms with Crippen molar-refractivity contribution >= 4 is 0 Å². The Morgan fingerprint density at radius 1 is 1.07 bits per heavy atom. The van der Waals surface area contributed by atoms with Gasteiger partial charge in [0.05, 0.1) is 0 Å². The van der Waals surface area contributed by atoms with Crippen LogP contribution in [0, 0.1) is 24.2 Å². The first-order chi connectivity index (χ1) is 13.4. The average Bonchev–Trinajstić information content (AvgIpc) is 2.65. The zero-order valence-electron chi connectivity index (χ0n) is 18.0. The van der Waals surface area contributed by atoms with Crippen molar-refractivity contribution in [1.29, 1.82) is 0 Å². The van der Waals surface area contributed by atoms with Gasteiger partial charge < -0.3 is 4.74 Å². The van der Waals surface area contributed by atoms with Crippen molar-refractivity contribution in [2.75, 3.05) is 13.1 Å². The third-order valence-corrected chi connectivity index (χ3v) is 4.42. The van der Waals surface area contributed by atoms with Crippen molar-refractivity contribution in [2.24, 2.45) is 5.41 Å². The van der Waals surface area contributed by atoms with Gasteiger partial charge in [-0.05, 0) is 69.1 Å². The molecular weight excluding hydrogens is 342 g/mol. The Morgan fingerprint density at radius 3 is 2.57 bits per heavy atom. The minimum atomic E-state index is 0.0491. The Bertz CT molecular complexity index is 833. The maximum absolute atomic E-state index is 6.02. The monoisotopic (exact) mass is 375 g/mol. The fraction of sp³-hybridized carbons (Fsp3) is 0.385. The number of aryl methyl sites for hydroxylation is 1. The van der Waals surface area contributed by atoms with Crippen LogP contribution >= 0.6 is 0 Å². The van der Waals surface area contributed by atoms with Gasteiger partial charge >= 0.3 is 0 Å². The number of benzene rings is 2. The van der Waals surface area contributed by atoms with E-state index < -0.39 is 0 Å². The van der Waals surface area contributed by atoms with Crippen molar-refractivity contribution in [1.82, 2.24) is 4.90 Å². The second-order valence-corrected chi connectivity index (χ2v) is 8.11.